The highest BCUT2D eigenvalue weighted by atomic mass is 16.3. The SMILES string of the molecule is O=C(NC1CCCCC1)c1c(O)c2cccc3c2n(c1=O)CC3. The molecule has 0 atom stereocenters. The first-order valence-electron chi connectivity index (χ1n) is 8.35. The maximum absolute atomic E-state index is 12.7. The van der Waals surface area contributed by atoms with E-state index in [0.717, 1.165) is 43.2 Å². The molecule has 120 valence electrons. The summed E-state index contributed by atoms with van der Waals surface area (Å²) in [7, 11) is 0. The molecule has 0 spiro atoms. The van der Waals surface area contributed by atoms with Gasteiger partial charge in [0.2, 0.25) is 0 Å². The normalized spacial score (nSPS) is 17.6. The molecule has 2 aliphatic rings. The minimum absolute atomic E-state index is 0.107. The van der Waals surface area contributed by atoms with Crippen molar-refractivity contribution >= 4 is 16.8 Å². The highest BCUT2D eigenvalue weighted by Crippen LogP contribution is 2.32. The quantitative estimate of drug-likeness (QED) is 0.894. The van der Waals surface area contributed by atoms with Crippen LogP contribution in [0.1, 0.15) is 48.0 Å². The Bertz CT molecular complexity index is 847. The van der Waals surface area contributed by atoms with Crippen LogP contribution in [0.3, 0.4) is 0 Å². The van der Waals surface area contributed by atoms with Crippen LogP contribution in [-0.2, 0) is 13.0 Å². The second kappa shape index (κ2) is 5.41. The van der Waals surface area contributed by atoms with Crippen molar-refractivity contribution in [1.82, 2.24) is 9.88 Å². The first kappa shape index (κ1) is 14.3. The van der Waals surface area contributed by atoms with Gasteiger partial charge in [0.1, 0.15) is 11.3 Å². The molecule has 1 aromatic heterocycles. The van der Waals surface area contributed by atoms with Crippen molar-refractivity contribution in [3.8, 4) is 5.75 Å². The number of rotatable bonds is 2. The Labute approximate surface area is 133 Å². The van der Waals surface area contributed by atoms with Crippen molar-refractivity contribution in [3.63, 3.8) is 0 Å². The van der Waals surface area contributed by atoms with E-state index in [4.69, 9.17) is 0 Å². The molecule has 0 saturated heterocycles. The van der Waals surface area contributed by atoms with Crippen molar-refractivity contribution in [3.05, 3.63) is 39.7 Å². The van der Waals surface area contributed by atoms with E-state index in [9.17, 15) is 14.7 Å². The summed E-state index contributed by atoms with van der Waals surface area (Å²) in [5, 5.41) is 14.1. The summed E-state index contributed by atoms with van der Waals surface area (Å²) < 4.78 is 1.63. The number of pyridine rings is 1. The Morgan fingerprint density at radius 3 is 2.78 bits per heavy atom. The molecule has 5 heteroatoms. The average Bonchev–Trinajstić information content (AvgIpc) is 2.99. The standard InChI is InChI=1S/C18H20N2O3/c21-16-13-8-4-5-11-9-10-20(15(11)13)18(23)14(16)17(22)19-12-6-2-1-3-7-12/h4-5,8,12,21H,1-3,6-7,9-10H2,(H,19,22). The number of amides is 1. The third-order valence-electron chi connectivity index (χ3n) is 5.11. The first-order valence-corrected chi connectivity index (χ1v) is 8.35. The van der Waals surface area contributed by atoms with E-state index in [1.165, 1.54) is 6.42 Å². The summed E-state index contributed by atoms with van der Waals surface area (Å²) in [6, 6.07) is 5.70. The number of carbonyl (C=O) groups is 1. The summed E-state index contributed by atoms with van der Waals surface area (Å²) >= 11 is 0. The smallest absolute Gasteiger partial charge is 0.267 e. The summed E-state index contributed by atoms with van der Waals surface area (Å²) in [4.78, 5) is 25.3. The number of aromatic nitrogens is 1. The molecule has 2 N–H and O–H groups in total. The summed E-state index contributed by atoms with van der Waals surface area (Å²) in [6.07, 6.45) is 6.05. The van der Waals surface area contributed by atoms with Gasteiger partial charge in [0.25, 0.3) is 11.5 Å². The zero-order valence-electron chi connectivity index (χ0n) is 13.0. The van der Waals surface area contributed by atoms with Crippen LogP contribution in [0.5, 0.6) is 5.75 Å². The predicted molar refractivity (Wildman–Crippen MR) is 87.9 cm³/mol. The highest BCUT2D eigenvalue weighted by molar-refractivity contribution is 6.03. The van der Waals surface area contributed by atoms with Gasteiger partial charge >= 0.3 is 0 Å². The largest absolute Gasteiger partial charge is 0.506 e. The second-order valence-corrected chi connectivity index (χ2v) is 6.55. The third kappa shape index (κ3) is 2.22. The lowest BCUT2D eigenvalue weighted by Crippen LogP contribution is -2.39. The van der Waals surface area contributed by atoms with Gasteiger partial charge in [0, 0.05) is 18.0 Å². The van der Waals surface area contributed by atoms with Crippen molar-refractivity contribution in [1.29, 1.82) is 0 Å². The van der Waals surface area contributed by atoms with Gasteiger partial charge in [-0.05, 0) is 30.9 Å². The predicted octanol–water partition coefficient (Wildman–Crippen LogP) is 2.33. The van der Waals surface area contributed by atoms with Crippen LogP contribution in [0, 0.1) is 0 Å². The summed E-state index contributed by atoms with van der Waals surface area (Å²) in [5.41, 5.74) is 1.33. The Hall–Kier alpha value is -2.30. The molecule has 1 saturated carbocycles. The number of benzene rings is 1. The number of hydrogen-bond acceptors (Lipinski definition) is 3. The summed E-state index contributed by atoms with van der Waals surface area (Å²) in [5.74, 6) is -0.624. The van der Waals surface area contributed by atoms with Gasteiger partial charge < -0.3 is 15.0 Å². The van der Waals surface area contributed by atoms with Gasteiger partial charge in [0.15, 0.2) is 0 Å². The van der Waals surface area contributed by atoms with Gasteiger partial charge in [-0.25, -0.2) is 0 Å². The molecule has 0 bridgehead atoms. The Balaban J connectivity index is 1.79. The molecule has 1 aliphatic carbocycles. The number of aromatic hydroxyl groups is 1. The van der Waals surface area contributed by atoms with E-state index < -0.39 is 5.91 Å². The first-order chi connectivity index (χ1) is 11.2. The van der Waals surface area contributed by atoms with Crippen molar-refractivity contribution in [2.24, 2.45) is 0 Å². The van der Waals surface area contributed by atoms with Crippen molar-refractivity contribution < 1.29 is 9.90 Å². The number of para-hydroxylation sites is 1. The minimum atomic E-state index is -0.442. The topological polar surface area (TPSA) is 71.3 Å². The molecule has 0 radical (unpaired) electrons. The van der Waals surface area contributed by atoms with Crippen LogP contribution in [-0.4, -0.2) is 21.6 Å². The van der Waals surface area contributed by atoms with Crippen LogP contribution < -0.4 is 10.9 Å². The third-order valence-corrected chi connectivity index (χ3v) is 5.11. The van der Waals surface area contributed by atoms with Gasteiger partial charge in [-0.1, -0.05) is 31.4 Å². The molecule has 1 amide bonds. The van der Waals surface area contributed by atoms with E-state index in [0.29, 0.717) is 11.9 Å². The van der Waals surface area contributed by atoms with Crippen LogP contribution in [0.25, 0.3) is 10.9 Å². The van der Waals surface area contributed by atoms with Gasteiger partial charge in [-0.3, -0.25) is 9.59 Å². The number of nitrogens with zero attached hydrogens (tertiary/aromatic N) is 1. The number of hydrogen-bond donors (Lipinski definition) is 2. The van der Waals surface area contributed by atoms with Crippen molar-refractivity contribution in [2.45, 2.75) is 51.1 Å². The van der Waals surface area contributed by atoms with Crippen LogP contribution in [0.15, 0.2) is 23.0 Å². The molecule has 1 aliphatic heterocycles. The fraction of sp³-hybridized carbons (Fsp3) is 0.444. The molecule has 4 rings (SSSR count). The fourth-order valence-corrected chi connectivity index (χ4v) is 3.93. The average molecular weight is 312 g/mol. The highest BCUT2D eigenvalue weighted by Gasteiger charge is 2.27. The molecule has 1 fully saturated rings. The van der Waals surface area contributed by atoms with E-state index in [-0.39, 0.29) is 22.9 Å². The van der Waals surface area contributed by atoms with E-state index in [2.05, 4.69) is 5.32 Å². The molecule has 2 heterocycles. The minimum Gasteiger partial charge on any atom is -0.506 e. The number of carbonyl (C=O) groups excluding carboxylic acids is 1. The monoisotopic (exact) mass is 312 g/mol. The maximum atomic E-state index is 12.7. The Morgan fingerprint density at radius 2 is 2.00 bits per heavy atom. The molecular formula is C18H20N2O3. The zero-order valence-corrected chi connectivity index (χ0v) is 13.0. The van der Waals surface area contributed by atoms with E-state index in [1.54, 1.807) is 10.6 Å². The van der Waals surface area contributed by atoms with Gasteiger partial charge in [0.05, 0.1) is 5.52 Å². The fourth-order valence-electron chi connectivity index (χ4n) is 3.93. The van der Waals surface area contributed by atoms with E-state index in [1.807, 2.05) is 12.1 Å². The lowest BCUT2D eigenvalue weighted by atomic mass is 9.95. The lowest BCUT2D eigenvalue weighted by molar-refractivity contribution is 0.0923. The van der Waals surface area contributed by atoms with E-state index >= 15 is 0 Å². The summed E-state index contributed by atoms with van der Waals surface area (Å²) in [6.45, 7) is 0.568. The molecule has 5 nitrogen and oxygen atoms in total. The molecule has 23 heavy (non-hydrogen) atoms. The number of aryl methyl sites for hydroxylation is 2. The van der Waals surface area contributed by atoms with Crippen LogP contribution in [0.2, 0.25) is 0 Å². The zero-order chi connectivity index (χ0) is 16.0. The number of nitrogens with one attached hydrogen (secondary N) is 1. The lowest BCUT2D eigenvalue weighted by Gasteiger charge is -2.23. The molecular weight excluding hydrogens is 292 g/mol. The molecule has 1 aromatic carbocycles. The molecule has 2 aromatic rings. The van der Waals surface area contributed by atoms with Crippen molar-refractivity contribution in [2.75, 3.05) is 0 Å². The van der Waals surface area contributed by atoms with Crippen LogP contribution in [0.4, 0.5) is 0 Å². The van der Waals surface area contributed by atoms with Gasteiger partial charge in [-0.2, -0.15) is 0 Å². The van der Waals surface area contributed by atoms with Crippen LogP contribution >= 0.6 is 0 Å². The molecule has 0 unspecified atom stereocenters. The maximum Gasteiger partial charge on any atom is 0.267 e. The Morgan fingerprint density at radius 1 is 1.22 bits per heavy atom. The Kier molecular flexibility index (Phi) is 3.36. The second-order valence-electron chi connectivity index (χ2n) is 6.55. The van der Waals surface area contributed by atoms with Gasteiger partial charge in [-0.15, -0.1) is 0 Å².